The number of benzene rings is 3. The summed E-state index contributed by atoms with van der Waals surface area (Å²) in [7, 11) is 1.72. The molecule has 8 heteroatoms. The molecule has 0 fully saturated rings. The number of rotatable bonds is 3. The van der Waals surface area contributed by atoms with Crippen LogP contribution >= 0.6 is 0 Å². The van der Waals surface area contributed by atoms with Crippen LogP contribution in [0.4, 0.5) is 5.95 Å². The first-order valence-electron chi connectivity index (χ1n) is 10.6. The van der Waals surface area contributed by atoms with Crippen LogP contribution in [0.3, 0.4) is 0 Å². The number of ether oxygens (including phenoxy) is 2. The number of likely N-dealkylation sites (N-methyl/N-ethyl adjacent to an activating group) is 1. The van der Waals surface area contributed by atoms with Crippen molar-refractivity contribution in [3.05, 3.63) is 83.4 Å². The van der Waals surface area contributed by atoms with Crippen molar-refractivity contribution in [2.45, 2.75) is 12.0 Å². The first kappa shape index (κ1) is 19.4. The van der Waals surface area contributed by atoms with Gasteiger partial charge in [-0.1, -0.05) is 36.4 Å². The van der Waals surface area contributed by atoms with Gasteiger partial charge in [-0.05, 0) is 41.5 Å². The van der Waals surface area contributed by atoms with Gasteiger partial charge >= 0.3 is 0 Å². The molecule has 0 aliphatic carbocycles. The number of para-hydroxylation sites is 2. The maximum atomic E-state index is 13.7. The normalized spacial score (nSPS) is 18.9. The van der Waals surface area contributed by atoms with Crippen LogP contribution in [0.5, 0.6) is 11.5 Å². The number of hydrogen-bond acceptors (Lipinski definition) is 5. The second-order valence-electron chi connectivity index (χ2n) is 8.13. The van der Waals surface area contributed by atoms with E-state index in [0.29, 0.717) is 28.6 Å². The highest BCUT2D eigenvalue weighted by atomic mass is 16.7. The summed E-state index contributed by atoms with van der Waals surface area (Å²) < 4.78 is 11.0. The minimum Gasteiger partial charge on any atom is -0.454 e. The number of hydrogen-bond donors (Lipinski definition) is 2. The largest absolute Gasteiger partial charge is 0.454 e. The Morgan fingerprint density at radius 2 is 1.85 bits per heavy atom. The van der Waals surface area contributed by atoms with Gasteiger partial charge in [0, 0.05) is 12.6 Å². The molecular formula is C25H20N4O4. The Kier molecular flexibility index (Phi) is 4.33. The summed E-state index contributed by atoms with van der Waals surface area (Å²) >= 11 is 0. The summed E-state index contributed by atoms with van der Waals surface area (Å²) in [5.41, 5.74) is 3.57. The quantitative estimate of drug-likeness (QED) is 0.505. The fourth-order valence-corrected chi connectivity index (χ4v) is 4.68. The van der Waals surface area contributed by atoms with E-state index in [4.69, 9.17) is 9.47 Å². The minimum atomic E-state index is -0.655. The van der Waals surface area contributed by atoms with Gasteiger partial charge in [0.1, 0.15) is 0 Å². The van der Waals surface area contributed by atoms with E-state index in [-0.39, 0.29) is 18.6 Å². The number of aromatic amines is 1. The van der Waals surface area contributed by atoms with Crippen molar-refractivity contribution in [1.29, 1.82) is 0 Å². The summed E-state index contributed by atoms with van der Waals surface area (Å²) in [4.78, 5) is 36.1. The molecule has 33 heavy (non-hydrogen) atoms. The van der Waals surface area contributed by atoms with Crippen molar-refractivity contribution in [2.24, 2.45) is 0 Å². The van der Waals surface area contributed by atoms with Gasteiger partial charge < -0.3 is 19.4 Å². The van der Waals surface area contributed by atoms with Gasteiger partial charge in [0.05, 0.1) is 23.0 Å². The van der Waals surface area contributed by atoms with Crippen LogP contribution in [0, 0.1) is 0 Å². The molecule has 8 nitrogen and oxygen atoms in total. The van der Waals surface area contributed by atoms with Crippen molar-refractivity contribution < 1.29 is 19.1 Å². The molecule has 2 aliphatic rings. The average molecular weight is 440 g/mol. The molecule has 0 saturated carbocycles. The van der Waals surface area contributed by atoms with Gasteiger partial charge in [-0.2, -0.15) is 0 Å². The van der Waals surface area contributed by atoms with Gasteiger partial charge in [-0.15, -0.1) is 0 Å². The number of aromatic nitrogens is 2. The number of fused-ring (bicyclic) bond motifs is 3. The Balaban J connectivity index is 1.44. The topological polar surface area (TPSA) is 96.6 Å². The Hall–Kier alpha value is -4.33. The van der Waals surface area contributed by atoms with Crippen molar-refractivity contribution in [1.82, 2.24) is 14.9 Å². The zero-order valence-corrected chi connectivity index (χ0v) is 17.7. The van der Waals surface area contributed by atoms with Crippen LogP contribution in [-0.2, 0) is 4.79 Å². The molecule has 3 aromatic carbocycles. The van der Waals surface area contributed by atoms with Gasteiger partial charge in [-0.25, -0.2) is 4.98 Å². The lowest BCUT2D eigenvalue weighted by Gasteiger charge is -2.39. The predicted octanol–water partition coefficient (Wildman–Crippen LogP) is 3.84. The lowest BCUT2D eigenvalue weighted by atomic mass is 9.79. The molecule has 0 unspecified atom stereocenters. The Labute approximate surface area is 189 Å². The van der Waals surface area contributed by atoms with Crippen LogP contribution in [0.25, 0.3) is 11.0 Å². The number of nitrogens with zero attached hydrogens (tertiary/aromatic N) is 2. The highest BCUT2D eigenvalue weighted by Gasteiger charge is 2.43. The lowest BCUT2D eigenvalue weighted by Crippen LogP contribution is -2.44. The third-order valence-corrected chi connectivity index (χ3v) is 6.23. The molecule has 1 aromatic heterocycles. The predicted molar refractivity (Wildman–Crippen MR) is 121 cm³/mol. The van der Waals surface area contributed by atoms with E-state index in [9.17, 15) is 9.59 Å². The minimum absolute atomic E-state index is 0.138. The summed E-state index contributed by atoms with van der Waals surface area (Å²) in [5.74, 6) is 0.556. The molecule has 2 aliphatic heterocycles. The number of anilines is 1. The average Bonchev–Trinajstić information content (AvgIpc) is 3.46. The van der Waals surface area contributed by atoms with Crippen LogP contribution < -0.4 is 14.8 Å². The third kappa shape index (κ3) is 3.10. The number of H-pyrrole nitrogens is 1. The molecule has 4 aromatic rings. The molecule has 0 spiro atoms. The highest BCUT2D eigenvalue weighted by Crippen LogP contribution is 2.45. The van der Waals surface area contributed by atoms with Gasteiger partial charge in [0.2, 0.25) is 18.6 Å². The molecule has 0 bridgehead atoms. The number of nitrogens with one attached hydrogen (secondary N) is 2. The highest BCUT2D eigenvalue weighted by molar-refractivity contribution is 6.04. The maximum absolute atomic E-state index is 13.7. The molecule has 6 rings (SSSR count). The van der Waals surface area contributed by atoms with Crippen molar-refractivity contribution in [3.63, 3.8) is 0 Å². The summed E-state index contributed by atoms with van der Waals surface area (Å²) in [5, 5.41) is 2.93. The molecule has 164 valence electrons. The maximum Gasteiger partial charge on any atom is 0.254 e. The summed E-state index contributed by atoms with van der Waals surface area (Å²) in [6.45, 7) is 0.150. The molecule has 2 atom stereocenters. The third-order valence-electron chi connectivity index (χ3n) is 6.23. The number of imidazole rings is 1. The second kappa shape index (κ2) is 7.37. The van der Waals surface area contributed by atoms with Crippen molar-refractivity contribution >= 4 is 28.8 Å². The van der Waals surface area contributed by atoms with E-state index in [2.05, 4.69) is 15.3 Å². The molecule has 0 saturated heterocycles. The van der Waals surface area contributed by atoms with Crippen LogP contribution in [0.1, 0.15) is 33.4 Å². The van der Waals surface area contributed by atoms with Crippen LogP contribution in [-0.4, -0.2) is 40.5 Å². The van der Waals surface area contributed by atoms with Crippen LogP contribution in [0.2, 0.25) is 0 Å². The van der Waals surface area contributed by atoms with E-state index in [0.717, 1.165) is 16.6 Å². The second-order valence-corrected chi connectivity index (χ2v) is 8.13. The lowest BCUT2D eigenvalue weighted by molar-refractivity contribution is -0.119. The fraction of sp³-hybridized carbons (Fsp3) is 0.160. The van der Waals surface area contributed by atoms with Crippen molar-refractivity contribution in [2.75, 3.05) is 19.2 Å². The van der Waals surface area contributed by atoms with Crippen LogP contribution in [0.15, 0.2) is 66.7 Å². The molecule has 2 N–H and O–H groups in total. The van der Waals surface area contributed by atoms with Gasteiger partial charge in [-0.3, -0.25) is 14.9 Å². The van der Waals surface area contributed by atoms with E-state index < -0.39 is 12.0 Å². The molecule has 2 amide bonds. The fourth-order valence-electron chi connectivity index (χ4n) is 4.68. The zero-order valence-electron chi connectivity index (χ0n) is 17.7. The van der Waals surface area contributed by atoms with Gasteiger partial charge in [0.25, 0.3) is 5.91 Å². The van der Waals surface area contributed by atoms with Gasteiger partial charge in [0.15, 0.2) is 11.5 Å². The summed E-state index contributed by atoms with van der Waals surface area (Å²) in [6, 6.07) is 19.8. The molecular weight excluding hydrogens is 420 g/mol. The monoisotopic (exact) mass is 440 g/mol. The first-order valence-corrected chi connectivity index (χ1v) is 10.6. The Bertz CT molecular complexity index is 1380. The Morgan fingerprint density at radius 1 is 1.06 bits per heavy atom. The van der Waals surface area contributed by atoms with E-state index in [1.165, 1.54) is 0 Å². The van der Waals surface area contributed by atoms with Crippen molar-refractivity contribution in [3.8, 4) is 11.5 Å². The summed E-state index contributed by atoms with van der Waals surface area (Å²) in [6.07, 6.45) is 0. The van der Waals surface area contributed by atoms with E-state index in [1.807, 2.05) is 54.6 Å². The zero-order chi connectivity index (χ0) is 22.5. The SMILES string of the molecule is CN1C(=O)c2ccccc2[C@H](C(=O)Nc2nc3ccccc3[nH]2)[C@H]1c1ccc2c(c1)OCO2. The standard InChI is InChI=1S/C25H20N4O4/c1-29-22(14-10-11-19-20(12-14)33-13-32-19)21(15-6-2-3-7-16(15)24(29)31)23(30)28-25-26-17-8-4-5-9-18(17)27-25/h2-12,21-22H,13H2,1H3,(H2,26,27,28,30)/t21-,22+/m0/s1. The molecule has 0 radical (unpaired) electrons. The number of carbonyl (C=O) groups excluding carboxylic acids is 2. The Morgan fingerprint density at radius 3 is 2.73 bits per heavy atom. The van der Waals surface area contributed by atoms with E-state index in [1.54, 1.807) is 24.1 Å². The number of amides is 2. The van der Waals surface area contributed by atoms with E-state index >= 15 is 0 Å². The number of carbonyl (C=O) groups is 2. The first-order chi connectivity index (χ1) is 16.1. The molecule has 3 heterocycles. The smallest absolute Gasteiger partial charge is 0.254 e.